The topological polar surface area (TPSA) is 108 Å². The summed E-state index contributed by atoms with van der Waals surface area (Å²) in [5, 5.41) is 0. The van der Waals surface area contributed by atoms with Gasteiger partial charge in [-0.2, -0.15) is 0 Å². The van der Waals surface area contributed by atoms with Crippen LogP contribution in [0.3, 0.4) is 0 Å². The van der Waals surface area contributed by atoms with Gasteiger partial charge in [0, 0.05) is 20.0 Å². The zero-order valence-corrected chi connectivity index (χ0v) is 41.1. The van der Waals surface area contributed by atoms with E-state index in [1.165, 1.54) is 64.2 Å². The highest BCUT2D eigenvalue weighted by Crippen LogP contribution is 2.42. The summed E-state index contributed by atoms with van der Waals surface area (Å²) in [5.41, 5.74) is 0. The number of rotatable bonds is 45. The molecule has 9 heteroatoms. The lowest BCUT2D eigenvalue weighted by Gasteiger charge is -2.19. The normalized spacial score (nSPS) is 14.0. The van der Waals surface area contributed by atoms with Gasteiger partial charge < -0.3 is 14.4 Å². The Morgan fingerprint density at radius 1 is 0.444 bits per heavy atom. The molecule has 63 heavy (non-hydrogen) atoms. The molecular formula is C54H91O8P. The van der Waals surface area contributed by atoms with Crippen LogP contribution in [0, 0.1) is 0 Å². The zero-order valence-electron chi connectivity index (χ0n) is 40.2. The minimum Gasteiger partial charge on any atom is -0.462 e. The third-order valence-corrected chi connectivity index (χ3v) is 11.3. The molecular weight excluding hydrogens is 808 g/mol. The lowest BCUT2D eigenvalue weighted by atomic mass is 10.0. The molecule has 2 atom stereocenters. The van der Waals surface area contributed by atoms with Crippen LogP contribution in [-0.2, 0) is 32.7 Å². The molecule has 0 saturated heterocycles. The molecule has 0 heterocycles. The van der Waals surface area contributed by atoms with Crippen molar-refractivity contribution in [2.75, 3.05) is 20.3 Å². The Hall–Kier alpha value is -3.03. The lowest BCUT2D eigenvalue weighted by molar-refractivity contribution is -0.161. The number of unbranched alkanes of at least 4 members (excludes halogenated alkanes) is 18. The van der Waals surface area contributed by atoms with Crippen LogP contribution in [-0.4, -0.2) is 43.3 Å². The maximum Gasteiger partial charge on any atom is 0.472 e. The first-order chi connectivity index (χ1) is 30.8. The second kappa shape index (κ2) is 48.4. The number of hydrogen-bond donors (Lipinski definition) is 1. The molecule has 0 aliphatic heterocycles. The standard InChI is InChI=1S/C54H91O8P/c1-4-6-8-10-12-14-16-18-20-22-24-26-27-29-31-33-35-37-39-41-43-45-47-49-54(56)62-52(51-61-63(57,58)59-3)50-60-53(55)48-46-44-42-40-38-36-34-32-30-28-25-23-21-19-17-15-13-11-9-7-5-2/h6-9,12-15,18-21,24-26,28,52H,4-5,10-11,16-17,22-23,27,29-51H2,1-3H3,(H,57,58)/b8-6-,9-7-,14-12-,15-13-,20-18-,21-19-,26-24-,28-25-. The van der Waals surface area contributed by atoms with E-state index in [0.717, 1.165) is 116 Å². The van der Waals surface area contributed by atoms with Crippen LogP contribution >= 0.6 is 7.82 Å². The number of hydrogen-bond acceptors (Lipinski definition) is 7. The van der Waals surface area contributed by atoms with E-state index in [0.29, 0.717) is 6.42 Å². The van der Waals surface area contributed by atoms with Crippen LogP contribution in [0.2, 0.25) is 0 Å². The van der Waals surface area contributed by atoms with E-state index < -0.39 is 26.5 Å². The van der Waals surface area contributed by atoms with Gasteiger partial charge in [-0.1, -0.05) is 201 Å². The summed E-state index contributed by atoms with van der Waals surface area (Å²) in [7, 11) is -3.22. The first-order valence-electron chi connectivity index (χ1n) is 24.9. The maximum absolute atomic E-state index is 12.6. The first kappa shape index (κ1) is 60.0. The van der Waals surface area contributed by atoms with Crippen LogP contribution in [0.1, 0.15) is 206 Å². The summed E-state index contributed by atoms with van der Waals surface area (Å²) >= 11 is 0. The zero-order chi connectivity index (χ0) is 46.0. The van der Waals surface area contributed by atoms with Crippen LogP contribution in [0.5, 0.6) is 0 Å². The number of esters is 2. The molecule has 0 aliphatic rings. The van der Waals surface area contributed by atoms with E-state index in [1.54, 1.807) is 0 Å². The van der Waals surface area contributed by atoms with Gasteiger partial charge in [0.25, 0.3) is 0 Å². The van der Waals surface area contributed by atoms with Gasteiger partial charge in [0.05, 0.1) is 6.61 Å². The molecule has 0 radical (unpaired) electrons. The van der Waals surface area contributed by atoms with Crippen molar-refractivity contribution in [3.05, 3.63) is 97.2 Å². The quantitative estimate of drug-likeness (QED) is 0.0279. The Labute approximate surface area is 386 Å². The fourth-order valence-corrected chi connectivity index (χ4v) is 7.04. The highest BCUT2D eigenvalue weighted by molar-refractivity contribution is 7.47. The number of carbonyl (C=O) groups excluding carboxylic acids is 2. The molecule has 0 aromatic rings. The van der Waals surface area contributed by atoms with Gasteiger partial charge >= 0.3 is 19.8 Å². The predicted molar refractivity (Wildman–Crippen MR) is 267 cm³/mol. The Morgan fingerprint density at radius 2 is 0.762 bits per heavy atom. The van der Waals surface area contributed by atoms with E-state index in [2.05, 4.69) is 116 Å². The lowest BCUT2D eigenvalue weighted by Crippen LogP contribution is -2.29. The van der Waals surface area contributed by atoms with Crippen molar-refractivity contribution in [1.82, 2.24) is 0 Å². The number of allylic oxidation sites excluding steroid dienone is 16. The maximum atomic E-state index is 12.6. The summed E-state index contributed by atoms with van der Waals surface area (Å²) in [4.78, 5) is 34.7. The molecule has 2 unspecified atom stereocenters. The third-order valence-electron chi connectivity index (χ3n) is 10.3. The average Bonchev–Trinajstić information content (AvgIpc) is 3.28. The fourth-order valence-electron chi connectivity index (χ4n) is 6.58. The molecule has 0 spiro atoms. The van der Waals surface area contributed by atoms with Crippen LogP contribution < -0.4 is 0 Å². The number of phosphoric ester groups is 1. The van der Waals surface area contributed by atoms with Gasteiger partial charge in [-0.15, -0.1) is 0 Å². The molecule has 0 bridgehead atoms. The molecule has 0 rings (SSSR count). The summed E-state index contributed by atoms with van der Waals surface area (Å²) in [6.07, 6.45) is 66.0. The number of carbonyl (C=O) groups is 2. The fraction of sp³-hybridized carbons (Fsp3) is 0.667. The molecule has 360 valence electrons. The monoisotopic (exact) mass is 899 g/mol. The van der Waals surface area contributed by atoms with E-state index >= 15 is 0 Å². The summed E-state index contributed by atoms with van der Waals surface area (Å²) < 4.78 is 32.1. The molecule has 0 aromatic heterocycles. The van der Waals surface area contributed by atoms with Gasteiger partial charge in [-0.3, -0.25) is 18.6 Å². The molecule has 0 saturated carbocycles. The van der Waals surface area contributed by atoms with Crippen molar-refractivity contribution in [3.63, 3.8) is 0 Å². The Morgan fingerprint density at radius 3 is 1.13 bits per heavy atom. The second-order valence-electron chi connectivity index (χ2n) is 16.2. The molecule has 0 aliphatic carbocycles. The summed E-state index contributed by atoms with van der Waals surface area (Å²) in [5.74, 6) is -0.822. The van der Waals surface area contributed by atoms with Crippen LogP contribution in [0.4, 0.5) is 0 Å². The van der Waals surface area contributed by atoms with Crippen molar-refractivity contribution in [2.45, 2.75) is 213 Å². The number of phosphoric acid groups is 1. The van der Waals surface area contributed by atoms with Gasteiger partial charge in [-0.25, -0.2) is 4.57 Å². The Balaban J connectivity index is 3.96. The Bertz CT molecular complexity index is 1340. The van der Waals surface area contributed by atoms with Crippen molar-refractivity contribution in [3.8, 4) is 0 Å². The molecule has 0 amide bonds. The SMILES string of the molecule is CC/C=C\C/C=C\C/C=C\C/C=C\CCCCCCCCCCCCC(=O)OC(COC(=O)CCCCCCCCCC/C=C\C/C=C\C/C=C\C/C=C\CC)COP(=O)(O)OC. The van der Waals surface area contributed by atoms with Crippen molar-refractivity contribution in [2.24, 2.45) is 0 Å². The minimum absolute atomic E-state index is 0.232. The first-order valence-corrected chi connectivity index (χ1v) is 26.4. The highest BCUT2D eigenvalue weighted by atomic mass is 31.2. The number of ether oxygens (including phenoxy) is 2. The van der Waals surface area contributed by atoms with E-state index in [-0.39, 0.29) is 25.4 Å². The third kappa shape index (κ3) is 48.3. The van der Waals surface area contributed by atoms with E-state index in [4.69, 9.17) is 14.0 Å². The minimum atomic E-state index is -4.28. The molecule has 1 N–H and O–H groups in total. The van der Waals surface area contributed by atoms with Crippen LogP contribution in [0.15, 0.2) is 97.2 Å². The smallest absolute Gasteiger partial charge is 0.462 e. The van der Waals surface area contributed by atoms with Gasteiger partial charge in [0.15, 0.2) is 6.10 Å². The van der Waals surface area contributed by atoms with Crippen molar-refractivity contribution < 1.29 is 37.6 Å². The summed E-state index contributed by atoms with van der Waals surface area (Å²) in [6.45, 7) is 3.66. The predicted octanol–water partition coefficient (Wildman–Crippen LogP) is 16.4. The van der Waals surface area contributed by atoms with Gasteiger partial charge in [-0.05, 0) is 89.9 Å². The highest BCUT2D eigenvalue weighted by Gasteiger charge is 2.24. The molecule has 0 fully saturated rings. The van der Waals surface area contributed by atoms with Gasteiger partial charge in [0.1, 0.15) is 6.61 Å². The van der Waals surface area contributed by atoms with E-state index in [1.807, 2.05) is 0 Å². The van der Waals surface area contributed by atoms with Gasteiger partial charge in [0.2, 0.25) is 0 Å². The molecule has 8 nitrogen and oxygen atoms in total. The second-order valence-corrected chi connectivity index (χ2v) is 17.7. The Kier molecular flexibility index (Phi) is 46.1. The molecule has 0 aromatic carbocycles. The van der Waals surface area contributed by atoms with Crippen molar-refractivity contribution in [1.29, 1.82) is 0 Å². The average molecular weight is 899 g/mol. The van der Waals surface area contributed by atoms with E-state index in [9.17, 15) is 19.0 Å². The largest absolute Gasteiger partial charge is 0.472 e. The van der Waals surface area contributed by atoms with Crippen LogP contribution in [0.25, 0.3) is 0 Å². The summed E-state index contributed by atoms with van der Waals surface area (Å²) in [6, 6.07) is 0. The van der Waals surface area contributed by atoms with Crippen molar-refractivity contribution >= 4 is 19.8 Å².